The number of nitrogens with one attached hydrogen (secondary N) is 1. The molecule has 2 aromatic carbocycles. The molecular formula is C24H21N3O4. The van der Waals surface area contributed by atoms with Crippen LogP contribution in [0.25, 0.3) is 11.8 Å². The van der Waals surface area contributed by atoms with Gasteiger partial charge in [0.1, 0.15) is 5.70 Å². The minimum absolute atomic E-state index is 0.206. The maximum Gasteiger partial charge on any atom is 0.337 e. The highest BCUT2D eigenvalue weighted by molar-refractivity contribution is 6.28. The van der Waals surface area contributed by atoms with Gasteiger partial charge in [0.2, 0.25) is 0 Å². The molecule has 1 N–H and O–H groups in total. The number of anilines is 1. The molecule has 0 saturated carbocycles. The third-order valence-corrected chi connectivity index (χ3v) is 5.19. The number of amides is 3. The summed E-state index contributed by atoms with van der Waals surface area (Å²) in [7, 11) is 1.34. The second-order valence-electron chi connectivity index (χ2n) is 7.17. The molecule has 1 aliphatic heterocycles. The Morgan fingerprint density at radius 1 is 0.968 bits per heavy atom. The molecule has 0 spiro atoms. The quantitative estimate of drug-likeness (QED) is 0.397. The molecule has 4 rings (SSSR count). The lowest BCUT2D eigenvalue weighted by Crippen LogP contribution is -2.30. The lowest BCUT2D eigenvalue weighted by Gasteiger charge is -2.11. The third kappa shape index (κ3) is 3.61. The molecule has 0 aliphatic carbocycles. The molecule has 1 aliphatic rings. The van der Waals surface area contributed by atoms with E-state index in [-0.39, 0.29) is 5.70 Å². The van der Waals surface area contributed by atoms with Gasteiger partial charge in [0.25, 0.3) is 5.91 Å². The molecule has 0 unspecified atom stereocenters. The summed E-state index contributed by atoms with van der Waals surface area (Å²) in [5.74, 6) is -0.819. The molecule has 1 saturated heterocycles. The Bertz CT molecular complexity index is 1220. The fourth-order valence-corrected chi connectivity index (χ4v) is 3.72. The predicted octanol–water partition coefficient (Wildman–Crippen LogP) is 3.98. The molecule has 7 heteroatoms. The summed E-state index contributed by atoms with van der Waals surface area (Å²) < 4.78 is 6.79. The zero-order chi connectivity index (χ0) is 22.1. The van der Waals surface area contributed by atoms with Gasteiger partial charge in [-0.3, -0.25) is 4.79 Å². The Morgan fingerprint density at radius 2 is 1.68 bits per heavy atom. The number of imide groups is 1. The molecular weight excluding hydrogens is 394 g/mol. The number of methoxy groups -OCH3 is 1. The van der Waals surface area contributed by atoms with Crippen LogP contribution in [0, 0.1) is 13.8 Å². The smallest absolute Gasteiger partial charge is 0.337 e. The van der Waals surface area contributed by atoms with E-state index < -0.39 is 17.9 Å². The molecule has 2 heterocycles. The van der Waals surface area contributed by atoms with Crippen LogP contribution in [0.15, 0.2) is 66.4 Å². The van der Waals surface area contributed by atoms with Crippen molar-refractivity contribution in [3.63, 3.8) is 0 Å². The third-order valence-electron chi connectivity index (χ3n) is 5.19. The minimum Gasteiger partial charge on any atom is -0.465 e. The second kappa shape index (κ2) is 7.95. The van der Waals surface area contributed by atoms with Crippen molar-refractivity contribution in [2.24, 2.45) is 0 Å². The summed E-state index contributed by atoms with van der Waals surface area (Å²) >= 11 is 0. The van der Waals surface area contributed by atoms with Crippen LogP contribution in [-0.4, -0.2) is 29.6 Å². The van der Waals surface area contributed by atoms with Crippen LogP contribution >= 0.6 is 0 Å². The fourth-order valence-electron chi connectivity index (χ4n) is 3.72. The number of rotatable bonds is 4. The largest absolute Gasteiger partial charge is 0.465 e. The zero-order valence-electron chi connectivity index (χ0n) is 17.4. The lowest BCUT2D eigenvalue weighted by atomic mass is 10.2. The SMILES string of the molecule is COC(=O)c1cccc(-n2c(C)cc(C=C3NC(=O)N(c4ccccc4)C3=O)c2C)c1. The summed E-state index contributed by atoms with van der Waals surface area (Å²) in [5, 5.41) is 2.66. The second-order valence-corrected chi connectivity index (χ2v) is 7.17. The van der Waals surface area contributed by atoms with Gasteiger partial charge in [-0.2, -0.15) is 0 Å². The van der Waals surface area contributed by atoms with Crippen LogP contribution in [0.3, 0.4) is 0 Å². The van der Waals surface area contributed by atoms with Crippen molar-refractivity contribution in [2.75, 3.05) is 12.0 Å². The highest BCUT2D eigenvalue weighted by Gasteiger charge is 2.35. The molecule has 3 amide bonds. The van der Waals surface area contributed by atoms with Gasteiger partial charge in [0, 0.05) is 17.1 Å². The van der Waals surface area contributed by atoms with Crippen LogP contribution in [0.4, 0.5) is 10.5 Å². The number of hydrogen-bond acceptors (Lipinski definition) is 4. The van der Waals surface area contributed by atoms with Crippen molar-refractivity contribution in [3.8, 4) is 5.69 Å². The van der Waals surface area contributed by atoms with Gasteiger partial charge < -0.3 is 14.6 Å². The number of esters is 1. The van der Waals surface area contributed by atoms with Crippen LogP contribution in [0.2, 0.25) is 0 Å². The van der Waals surface area contributed by atoms with Gasteiger partial charge in [-0.15, -0.1) is 0 Å². The minimum atomic E-state index is -0.484. The van der Waals surface area contributed by atoms with Crippen molar-refractivity contribution < 1.29 is 19.1 Å². The number of para-hydroxylation sites is 1. The molecule has 7 nitrogen and oxygen atoms in total. The van der Waals surface area contributed by atoms with Crippen molar-refractivity contribution >= 4 is 29.7 Å². The Balaban J connectivity index is 1.70. The van der Waals surface area contributed by atoms with Gasteiger partial charge >= 0.3 is 12.0 Å². The standard InChI is InChI=1S/C24H21N3O4/c1-15-12-18(16(2)26(15)20-11-7-8-17(13-20)23(29)31-3)14-21-22(28)27(24(30)25-21)19-9-5-4-6-10-19/h4-14H,1-3H3,(H,25,30). The average Bonchev–Trinajstić information content (AvgIpc) is 3.22. The number of benzene rings is 2. The number of urea groups is 1. The Labute approximate surface area is 179 Å². The van der Waals surface area contributed by atoms with E-state index in [9.17, 15) is 14.4 Å². The van der Waals surface area contributed by atoms with E-state index >= 15 is 0 Å². The van der Waals surface area contributed by atoms with E-state index in [1.165, 1.54) is 7.11 Å². The van der Waals surface area contributed by atoms with Crippen LogP contribution < -0.4 is 10.2 Å². The highest BCUT2D eigenvalue weighted by Crippen LogP contribution is 2.26. The van der Waals surface area contributed by atoms with E-state index in [2.05, 4.69) is 5.32 Å². The number of carbonyl (C=O) groups is 3. The number of hydrogen-bond donors (Lipinski definition) is 1. The Kier molecular flexibility index (Phi) is 5.17. The molecule has 3 aromatic rings. The predicted molar refractivity (Wildman–Crippen MR) is 117 cm³/mol. The van der Waals surface area contributed by atoms with Gasteiger partial charge in [-0.25, -0.2) is 14.5 Å². The van der Waals surface area contributed by atoms with Crippen molar-refractivity contribution in [1.82, 2.24) is 9.88 Å². The zero-order valence-corrected chi connectivity index (χ0v) is 17.4. The number of aromatic nitrogens is 1. The van der Waals surface area contributed by atoms with E-state index in [0.29, 0.717) is 11.3 Å². The van der Waals surface area contributed by atoms with Crippen molar-refractivity contribution in [1.29, 1.82) is 0 Å². The Hall–Kier alpha value is -4.13. The molecule has 1 fully saturated rings. The first-order chi connectivity index (χ1) is 14.9. The first-order valence-electron chi connectivity index (χ1n) is 9.70. The van der Waals surface area contributed by atoms with E-state index in [4.69, 9.17) is 4.74 Å². The maximum atomic E-state index is 12.9. The summed E-state index contributed by atoms with van der Waals surface area (Å²) in [6.07, 6.45) is 1.67. The first kappa shape index (κ1) is 20.2. The Morgan fingerprint density at radius 3 is 2.39 bits per heavy atom. The fraction of sp³-hybridized carbons (Fsp3) is 0.125. The molecule has 0 bridgehead atoms. The lowest BCUT2D eigenvalue weighted by molar-refractivity contribution is -0.113. The van der Waals surface area contributed by atoms with E-state index in [1.54, 1.807) is 48.5 Å². The normalized spacial score (nSPS) is 14.8. The molecule has 0 radical (unpaired) electrons. The number of carbonyl (C=O) groups excluding carboxylic acids is 3. The molecule has 1 aromatic heterocycles. The van der Waals surface area contributed by atoms with Gasteiger partial charge in [-0.1, -0.05) is 24.3 Å². The summed E-state index contributed by atoms with van der Waals surface area (Å²) in [6.45, 7) is 3.85. The topological polar surface area (TPSA) is 80.6 Å². The molecule has 31 heavy (non-hydrogen) atoms. The average molecular weight is 415 g/mol. The number of aryl methyl sites for hydroxylation is 1. The maximum absolute atomic E-state index is 12.9. The number of nitrogens with zero attached hydrogens (tertiary/aromatic N) is 2. The van der Waals surface area contributed by atoms with Gasteiger partial charge in [0.15, 0.2) is 0 Å². The van der Waals surface area contributed by atoms with E-state index in [0.717, 1.165) is 27.5 Å². The monoisotopic (exact) mass is 415 g/mol. The van der Waals surface area contributed by atoms with Crippen LogP contribution in [0.1, 0.15) is 27.3 Å². The number of ether oxygens (including phenoxy) is 1. The van der Waals surface area contributed by atoms with Crippen LogP contribution in [-0.2, 0) is 9.53 Å². The van der Waals surface area contributed by atoms with Crippen molar-refractivity contribution in [3.05, 3.63) is 88.9 Å². The highest BCUT2D eigenvalue weighted by atomic mass is 16.5. The van der Waals surface area contributed by atoms with Gasteiger partial charge in [0.05, 0.1) is 18.4 Å². The molecule has 0 atom stereocenters. The summed E-state index contributed by atoms with van der Waals surface area (Å²) in [6, 6.07) is 17.4. The van der Waals surface area contributed by atoms with Crippen LogP contribution in [0.5, 0.6) is 0 Å². The van der Waals surface area contributed by atoms with Crippen molar-refractivity contribution in [2.45, 2.75) is 13.8 Å². The summed E-state index contributed by atoms with van der Waals surface area (Å²) in [4.78, 5) is 38.3. The first-order valence-corrected chi connectivity index (χ1v) is 9.70. The molecule has 156 valence electrons. The van der Waals surface area contributed by atoms with Gasteiger partial charge in [-0.05, 0) is 61.9 Å². The summed E-state index contributed by atoms with van der Waals surface area (Å²) in [5.41, 5.74) is 4.55. The van der Waals surface area contributed by atoms with E-state index in [1.807, 2.05) is 36.6 Å².